The number of rotatable bonds is 5. The summed E-state index contributed by atoms with van der Waals surface area (Å²) in [6.07, 6.45) is -2.35. The summed E-state index contributed by atoms with van der Waals surface area (Å²) in [6.45, 7) is 1.80. The van der Waals surface area contributed by atoms with Gasteiger partial charge in [-0.15, -0.1) is 0 Å². The van der Waals surface area contributed by atoms with E-state index in [0.717, 1.165) is 10.5 Å². The Bertz CT molecular complexity index is 2650. The number of hydrazine groups is 1. The summed E-state index contributed by atoms with van der Waals surface area (Å²) in [7, 11) is 0. The van der Waals surface area contributed by atoms with Gasteiger partial charge in [-0.1, -0.05) is 101 Å². The Balaban J connectivity index is 1.25. The van der Waals surface area contributed by atoms with Crippen molar-refractivity contribution in [2.24, 2.45) is 23.7 Å². The first-order chi connectivity index (χ1) is 27.6. The number of halogens is 6. The second-order valence-corrected chi connectivity index (χ2v) is 16.3. The number of aromatic hydroxyl groups is 1. The normalized spacial score (nSPS) is 25.5. The molecule has 2 saturated heterocycles. The monoisotopic (exact) mass is 844 g/mol. The van der Waals surface area contributed by atoms with E-state index in [1.165, 1.54) is 0 Å². The molecule has 3 heterocycles. The molecule has 0 bridgehead atoms. The Morgan fingerprint density at radius 1 is 0.862 bits per heavy atom. The molecule has 58 heavy (non-hydrogen) atoms. The highest BCUT2D eigenvalue weighted by molar-refractivity contribution is 6.33. The van der Waals surface area contributed by atoms with Crippen molar-refractivity contribution in [2.75, 3.05) is 10.3 Å². The Morgan fingerprint density at radius 3 is 2.31 bits per heavy atom. The second-order valence-electron chi connectivity index (χ2n) is 15.1. The van der Waals surface area contributed by atoms with Gasteiger partial charge in [0.15, 0.2) is 5.82 Å². The van der Waals surface area contributed by atoms with E-state index in [-0.39, 0.29) is 24.4 Å². The van der Waals surface area contributed by atoms with E-state index < -0.39 is 75.4 Å². The third-order valence-corrected chi connectivity index (χ3v) is 13.2. The van der Waals surface area contributed by atoms with E-state index in [1.807, 2.05) is 18.2 Å². The predicted molar refractivity (Wildman–Crippen MR) is 211 cm³/mol. The van der Waals surface area contributed by atoms with Crippen molar-refractivity contribution >= 4 is 80.7 Å². The quantitative estimate of drug-likeness (QED) is 0.134. The summed E-state index contributed by atoms with van der Waals surface area (Å²) >= 11 is 19.1. The molecule has 2 N–H and O–H groups in total. The van der Waals surface area contributed by atoms with Crippen LogP contribution in [-0.4, -0.2) is 38.7 Å². The van der Waals surface area contributed by atoms with Crippen LogP contribution in [-0.2, 0) is 30.8 Å². The fourth-order valence-electron chi connectivity index (χ4n) is 9.61. The smallest absolute Gasteiger partial charge is 0.417 e. The molecule has 0 radical (unpaired) electrons. The Morgan fingerprint density at radius 2 is 1.60 bits per heavy atom. The molecule has 0 spiro atoms. The number of amides is 4. The highest BCUT2D eigenvalue weighted by Crippen LogP contribution is 2.65. The zero-order valence-corrected chi connectivity index (χ0v) is 32.5. The zero-order valence-electron chi connectivity index (χ0n) is 30.2. The average molecular weight is 846 g/mol. The van der Waals surface area contributed by atoms with Crippen molar-refractivity contribution < 1.29 is 37.5 Å². The summed E-state index contributed by atoms with van der Waals surface area (Å²) in [6, 6.07) is 22.5. The summed E-state index contributed by atoms with van der Waals surface area (Å²) < 4.78 is 40.6. The fourth-order valence-corrected chi connectivity index (χ4v) is 10.1. The number of phenols is 1. The third-order valence-electron chi connectivity index (χ3n) is 12.2. The van der Waals surface area contributed by atoms with E-state index in [0.29, 0.717) is 60.5 Å². The Kier molecular flexibility index (Phi) is 8.92. The van der Waals surface area contributed by atoms with Crippen molar-refractivity contribution in [3.8, 4) is 5.75 Å². The molecule has 9 rings (SSSR count). The standard InChI is InChI=1S/C43H30Cl3F3N4O5/c1-20-6-12-25(17-32(20)45)52-38(55)28-15-14-27-30(34(28)40(52)57)18-31-39(56)53(51-37-33(46)16-23(19-50-37)43(47,48)49)41(58)42(31,22-8-10-24(44)11-9-22)35(27)29-13-7-21-4-2-3-5-26(21)36(29)54/h2-14,16-17,19,28,30-31,34-35,54H,15,18H2,1H3,(H,50,51)/t28-,30+,31-,34-,35+,42+/m0/s1. The molecule has 2 aliphatic heterocycles. The van der Waals surface area contributed by atoms with Crippen molar-refractivity contribution in [3.05, 3.63) is 140 Å². The first-order valence-corrected chi connectivity index (χ1v) is 19.4. The van der Waals surface area contributed by atoms with Crippen LogP contribution in [0.25, 0.3) is 10.8 Å². The SMILES string of the molecule is Cc1ccc(N2C(=O)[C@H]3[C@H](CC=C4[C@H]3C[C@H]3C(=O)N(Nc5ncc(C(F)(F)F)cc5Cl)C(=O)[C@@]3(c3ccc(Cl)cc3)[C@H]4c3ccc4ccccc4c3O)C2=O)cc1Cl. The van der Waals surface area contributed by atoms with Crippen LogP contribution in [0.1, 0.15) is 41.0 Å². The van der Waals surface area contributed by atoms with Crippen LogP contribution in [0.2, 0.25) is 15.1 Å². The molecule has 3 fully saturated rings. The number of imide groups is 2. The van der Waals surface area contributed by atoms with E-state index in [4.69, 9.17) is 34.8 Å². The molecule has 1 saturated carbocycles. The molecule has 1 aromatic heterocycles. The maximum absolute atomic E-state index is 15.5. The van der Waals surface area contributed by atoms with Crippen molar-refractivity contribution in [1.82, 2.24) is 9.99 Å². The van der Waals surface area contributed by atoms with Gasteiger partial charge in [0.2, 0.25) is 11.8 Å². The number of hydrogen-bond donors (Lipinski definition) is 2. The second kappa shape index (κ2) is 13.6. The molecule has 4 amide bonds. The maximum atomic E-state index is 15.5. The van der Waals surface area contributed by atoms with Gasteiger partial charge >= 0.3 is 6.18 Å². The molecule has 0 unspecified atom stereocenters. The van der Waals surface area contributed by atoms with Gasteiger partial charge < -0.3 is 5.11 Å². The van der Waals surface area contributed by atoms with E-state index in [2.05, 4.69) is 10.4 Å². The van der Waals surface area contributed by atoms with Crippen LogP contribution in [0.15, 0.2) is 103 Å². The minimum Gasteiger partial charge on any atom is -0.507 e. The first-order valence-electron chi connectivity index (χ1n) is 18.3. The first kappa shape index (κ1) is 38.1. The van der Waals surface area contributed by atoms with Gasteiger partial charge in [0.1, 0.15) is 5.75 Å². The number of aromatic nitrogens is 1. The Hall–Kier alpha value is -5.43. The largest absolute Gasteiger partial charge is 0.507 e. The molecule has 9 nitrogen and oxygen atoms in total. The van der Waals surface area contributed by atoms with Crippen molar-refractivity contribution in [2.45, 2.75) is 37.3 Å². The lowest BCUT2D eigenvalue weighted by Crippen LogP contribution is -2.53. The number of phenolic OH excluding ortho intramolecular Hbond substituents is 1. The number of benzene rings is 4. The van der Waals surface area contributed by atoms with Crippen LogP contribution in [0.5, 0.6) is 5.75 Å². The Labute approximate surface area is 344 Å². The number of nitrogens with one attached hydrogen (secondary N) is 1. The summed E-state index contributed by atoms with van der Waals surface area (Å²) in [4.78, 5) is 64.2. The van der Waals surface area contributed by atoms with E-state index in [1.54, 1.807) is 73.7 Å². The van der Waals surface area contributed by atoms with Gasteiger partial charge in [0, 0.05) is 33.1 Å². The van der Waals surface area contributed by atoms with E-state index >= 15 is 4.79 Å². The highest BCUT2D eigenvalue weighted by Gasteiger charge is 2.71. The lowest BCUT2D eigenvalue weighted by atomic mass is 9.49. The van der Waals surface area contributed by atoms with Crippen LogP contribution in [0, 0.1) is 30.6 Å². The minimum absolute atomic E-state index is 0.0844. The van der Waals surface area contributed by atoms with Crippen LogP contribution < -0.4 is 10.3 Å². The predicted octanol–water partition coefficient (Wildman–Crippen LogP) is 9.42. The van der Waals surface area contributed by atoms with Gasteiger partial charge in [0.25, 0.3) is 11.8 Å². The molecule has 4 aromatic carbocycles. The molecule has 294 valence electrons. The van der Waals surface area contributed by atoms with Gasteiger partial charge in [-0.05, 0) is 72.5 Å². The lowest BCUT2D eigenvalue weighted by Gasteiger charge is -2.50. The minimum atomic E-state index is -4.76. The van der Waals surface area contributed by atoms with Gasteiger partial charge in [-0.2, -0.15) is 18.2 Å². The number of nitrogens with zero attached hydrogens (tertiary/aromatic N) is 3. The number of carbonyl (C=O) groups is 4. The molecular weight excluding hydrogens is 816 g/mol. The van der Waals surface area contributed by atoms with Crippen LogP contribution in [0.4, 0.5) is 24.7 Å². The molecule has 6 atom stereocenters. The third kappa shape index (κ3) is 5.55. The number of carbonyl (C=O) groups excluding carboxylic acids is 4. The summed E-state index contributed by atoms with van der Waals surface area (Å²) in [5.41, 5.74) is 1.96. The van der Waals surface area contributed by atoms with Gasteiger partial charge in [-0.3, -0.25) is 24.6 Å². The molecule has 4 aliphatic rings. The molecular formula is C43H30Cl3F3N4O5. The number of alkyl halides is 3. The fraction of sp³-hybridized carbons (Fsp3) is 0.233. The topological polar surface area (TPSA) is 120 Å². The number of allylic oxidation sites excluding steroid dienone is 2. The van der Waals surface area contributed by atoms with Gasteiger partial charge in [0.05, 0.1) is 39.4 Å². The molecule has 5 aromatic rings. The van der Waals surface area contributed by atoms with Gasteiger partial charge in [-0.25, -0.2) is 9.88 Å². The number of aryl methyl sites for hydroxylation is 1. The number of anilines is 2. The van der Waals surface area contributed by atoms with Crippen molar-refractivity contribution in [3.63, 3.8) is 0 Å². The van der Waals surface area contributed by atoms with E-state index in [9.17, 15) is 32.7 Å². The van der Waals surface area contributed by atoms with Crippen molar-refractivity contribution in [1.29, 1.82) is 0 Å². The summed E-state index contributed by atoms with van der Waals surface area (Å²) in [5.74, 6) is -7.89. The lowest BCUT2D eigenvalue weighted by molar-refractivity contribution is -0.139. The average Bonchev–Trinajstić information content (AvgIpc) is 3.57. The molecule has 15 heteroatoms. The number of pyridine rings is 1. The number of hydrogen-bond acceptors (Lipinski definition) is 7. The summed E-state index contributed by atoms with van der Waals surface area (Å²) in [5, 5.41) is 14.3. The highest BCUT2D eigenvalue weighted by atomic mass is 35.5. The zero-order chi connectivity index (χ0) is 41.0. The van der Waals surface area contributed by atoms with Crippen LogP contribution in [0.3, 0.4) is 0 Å². The number of fused-ring (bicyclic) bond motifs is 5. The van der Waals surface area contributed by atoms with Crippen LogP contribution >= 0.6 is 34.8 Å². The maximum Gasteiger partial charge on any atom is 0.417 e. The molecule has 2 aliphatic carbocycles.